The molecule has 0 radical (unpaired) electrons. The highest BCUT2D eigenvalue weighted by molar-refractivity contribution is 5.71. The molecular weight excluding hydrogens is 961 g/mol. The maximum atomic E-state index is 12.9. The average molecular weight is 1080 g/mol. The van der Waals surface area contributed by atoms with Crippen molar-refractivity contribution in [3.8, 4) is 0 Å². The van der Waals surface area contributed by atoms with E-state index in [0.717, 1.165) is 122 Å². The zero-order valence-corrected chi connectivity index (χ0v) is 50.6. The normalized spacial score (nSPS) is 13.0. The van der Waals surface area contributed by atoms with Gasteiger partial charge in [-0.25, -0.2) is 0 Å². The molecule has 0 rings (SSSR count). The molecule has 0 saturated heterocycles. The predicted octanol–water partition coefficient (Wildman–Crippen LogP) is 22.2. The Kier molecular flexibility index (Phi) is 61.4. The van der Waals surface area contributed by atoms with Crippen LogP contribution in [0.4, 0.5) is 0 Å². The summed E-state index contributed by atoms with van der Waals surface area (Å²) in [6.45, 7) is 6.32. The van der Waals surface area contributed by atoms with Gasteiger partial charge in [-0.3, -0.25) is 14.4 Å². The van der Waals surface area contributed by atoms with Gasteiger partial charge in [0.1, 0.15) is 13.2 Å². The molecule has 0 saturated carbocycles. The summed E-state index contributed by atoms with van der Waals surface area (Å²) in [5.74, 6) is -1.00. The molecule has 0 aromatic carbocycles. The first-order chi connectivity index (χ1) is 38.5. The van der Waals surface area contributed by atoms with Gasteiger partial charge in [-0.2, -0.15) is 0 Å². The van der Waals surface area contributed by atoms with Gasteiger partial charge in [0.25, 0.3) is 0 Å². The molecule has 0 aliphatic carbocycles. The van der Waals surface area contributed by atoms with E-state index in [1.807, 2.05) is 6.08 Å². The lowest BCUT2D eigenvalue weighted by molar-refractivity contribution is -0.166. The van der Waals surface area contributed by atoms with E-state index in [1.165, 1.54) is 116 Å². The Balaban J connectivity index is 4.27. The Hall–Kier alpha value is -4.45. The van der Waals surface area contributed by atoms with Crippen LogP contribution in [0.25, 0.3) is 0 Å². The van der Waals surface area contributed by atoms with Crippen molar-refractivity contribution in [2.75, 3.05) is 13.2 Å². The number of unbranched alkanes of at least 4 members (excludes halogenated alkanes) is 24. The second kappa shape index (κ2) is 65.1. The van der Waals surface area contributed by atoms with Gasteiger partial charge in [0.2, 0.25) is 0 Å². The van der Waals surface area contributed by atoms with Gasteiger partial charge in [0, 0.05) is 19.3 Å². The lowest BCUT2D eigenvalue weighted by Crippen LogP contribution is -2.30. The molecular formula is C72H118O6. The van der Waals surface area contributed by atoms with Gasteiger partial charge in [-0.15, -0.1) is 0 Å². The van der Waals surface area contributed by atoms with Crippen molar-refractivity contribution in [2.45, 2.75) is 290 Å². The Morgan fingerprint density at radius 2 is 0.526 bits per heavy atom. The van der Waals surface area contributed by atoms with Crippen molar-refractivity contribution >= 4 is 17.9 Å². The fraction of sp³-hybridized carbons (Fsp3) is 0.653. The fourth-order valence-corrected chi connectivity index (χ4v) is 8.63. The summed E-state index contributed by atoms with van der Waals surface area (Å²) < 4.78 is 16.8. The molecule has 0 aromatic heterocycles. The van der Waals surface area contributed by atoms with Crippen LogP contribution in [0.1, 0.15) is 284 Å². The molecule has 0 aromatic rings. The molecule has 0 bridgehead atoms. The van der Waals surface area contributed by atoms with E-state index >= 15 is 0 Å². The van der Waals surface area contributed by atoms with E-state index in [4.69, 9.17) is 14.2 Å². The number of ether oxygens (including phenoxy) is 3. The largest absolute Gasteiger partial charge is 0.462 e. The van der Waals surface area contributed by atoms with Crippen LogP contribution in [0.15, 0.2) is 134 Å². The minimum Gasteiger partial charge on any atom is -0.462 e. The van der Waals surface area contributed by atoms with Gasteiger partial charge in [-0.1, -0.05) is 276 Å². The van der Waals surface area contributed by atoms with Crippen LogP contribution in [0.5, 0.6) is 0 Å². The topological polar surface area (TPSA) is 78.9 Å². The molecule has 442 valence electrons. The molecule has 0 amide bonds. The summed E-state index contributed by atoms with van der Waals surface area (Å²) in [6, 6.07) is 0. The monoisotopic (exact) mass is 1080 g/mol. The van der Waals surface area contributed by atoms with Crippen LogP contribution >= 0.6 is 0 Å². The Labute approximate surface area is 481 Å². The SMILES string of the molecule is CC/C=C\C/C=C\C/C=C\C/C=C\C/C=C\CCCCCCCCCCCCCCCCCC(=O)OCC(COC(=O)CC/C=C\C/C=C\C/C=C\C/C=C\CC)OC(=O)CCCCCCC/C=C\C/C=C\CCCCCC. The van der Waals surface area contributed by atoms with E-state index in [2.05, 4.69) is 148 Å². The smallest absolute Gasteiger partial charge is 0.306 e. The molecule has 78 heavy (non-hydrogen) atoms. The molecule has 0 N–H and O–H groups in total. The Morgan fingerprint density at radius 3 is 0.859 bits per heavy atom. The summed E-state index contributed by atoms with van der Waals surface area (Å²) in [7, 11) is 0. The van der Waals surface area contributed by atoms with Crippen LogP contribution in [-0.2, 0) is 28.6 Å². The third kappa shape index (κ3) is 62.4. The van der Waals surface area contributed by atoms with Crippen LogP contribution < -0.4 is 0 Å². The van der Waals surface area contributed by atoms with Gasteiger partial charge in [0.15, 0.2) is 6.10 Å². The van der Waals surface area contributed by atoms with Crippen molar-refractivity contribution in [1.29, 1.82) is 0 Å². The number of carbonyl (C=O) groups is 3. The van der Waals surface area contributed by atoms with Gasteiger partial charge in [-0.05, 0) is 122 Å². The summed E-state index contributed by atoms with van der Waals surface area (Å²) in [6.07, 6.45) is 92.0. The minimum atomic E-state index is -0.818. The number of rotatable bonds is 57. The summed E-state index contributed by atoms with van der Waals surface area (Å²) in [5.41, 5.74) is 0. The highest BCUT2D eigenvalue weighted by Crippen LogP contribution is 2.16. The van der Waals surface area contributed by atoms with Crippen molar-refractivity contribution in [1.82, 2.24) is 0 Å². The molecule has 0 fully saturated rings. The quantitative estimate of drug-likeness (QED) is 0.0261. The lowest BCUT2D eigenvalue weighted by atomic mass is 10.0. The van der Waals surface area contributed by atoms with Crippen molar-refractivity contribution in [3.63, 3.8) is 0 Å². The molecule has 0 heterocycles. The highest BCUT2D eigenvalue weighted by Gasteiger charge is 2.19. The summed E-state index contributed by atoms with van der Waals surface area (Å²) in [4.78, 5) is 38.2. The van der Waals surface area contributed by atoms with Gasteiger partial charge >= 0.3 is 17.9 Å². The van der Waals surface area contributed by atoms with Gasteiger partial charge in [0.05, 0.1) is 0 Å². The zero-order chi connectivity index (χ0) is 56.4. The van der Waals surface area contributed by atoms with Crippen LogP contribution in [0.3, 0.4) is 0 Å². The first-order valence-corrected chi connectivity index (χ1v) is 32.2. The van der Waals surface area contributed by atoms with E-state index in [-0.39, 0.29) is 37.5 Å². The maximum absolute atomic E-state index is 12.9. The number of allylic oxidation sites excluding steroid dienone is 22. The van der Waals surface area contributed by atoms with E-state index in [1.54, 1.807) is 0 Å². The average Bonchev–Trinajstić information content (AvgIpc) is 3.44. The van der Waals surface area contributed by atoms with Crippen molar-refractivity contribution in [2.24, 2.45) is 0 Å². The van der Waals surface area contributed by atoms with Crippen LogP contribution in [-0.4, -0.2) is 37.2 Å². The first-order valence-electron chi connectivity index (χ1n) is 32.2. The minimum absolute atomic E-state index is 0.108. The fourth-order valence-electron chi connectivity index (χ4n) is 8.63. The van der Waals surface area contributed by atoms with Crippen LogP contribution in [0, 0.1) is 0 Å². The van der Waals surface area contributed by atoms with E-state index in [9.17, 15) is 14.4 Å². The summed E-state index contributed by atoms with van der Waals surface area (Å²) >= 11 is 0. The predicted molar refractivity (Wildman–Crippen MR) is 339 cm³/mol. The number of hydrogen-bond donors (Lipinski definition) is 0. The summed E-state index contributed by atoms with van der Waals surface area (Å²) in [5, 5.41) is 0. The molecule has 0 aliphatic heterocycles. The maximum Gasteiger partial charge on any atom is 0.306 e. The van der Waals surface area contributed by atoms with E-state index < -0.39 is 6.10 Å². The number of esters is 3. The third-order valence-electron chi connectivity index (χ3n) is 13.4. The standard InChI is InChI=1S/C72H118O6/c1-4-7-10-13-16-19-22-25-27-29-30-31-32-33-34-35-36-37-38-39-40-41-42-43-45-47-50-53-56-59-62-65-71(74)77-68-69(67-76-70(73)64-61-58-55-52-49-46-24-21-18-15-12-9-6-3)78-72(75)66-63-60-57-54-51-48-44-28-26-23-20-17-14-11-8-5-2/h7,9-10,12,16,18-21,23,25,27-28,30-31,33-34,44,46,49,55,58,69H,4-6,8,11,13-15,17,22,24,26,29,32,35-43,45,47-48,50-54,56-57,59-68H2,1-3H3/b10-7-,12-9-,19-16-,21-18-,23-20-,27-25-,31-30-,34-33-,44-28-,49-46-,58-55-. The molecule has 6 nitrogen and oxygen atoms in total. The molecule has 0 spiro atoms. The second-order valence-electron chi connectivity index (χ2n) is 20.9. The molecule has 1 atom stereocenters. The van der Waals surface area contributed by atoms with E-state index in [0.29, 0.717) is 19.3 Å². The highest BCUT2D eigenvalue weighted by atomic mass is 16.6. The van der Waals surface area contributed by atoms with Crippen molar-refractivity contribution in [3.05, 3.63) is 134 Å². The molecule has 6 heteroatoms. The zero-order valence-electron chi connectivity index (χ0n) is 50.6. The lowest BCUT2D eigenvalue weighted by Gasteiger charge is -2.18. The molecule has 1 unspecified atom stereocenters. The number of hydrogen-bond acceptors (Lipinski definition) is 6. The van der Waals surface area contributed by atoms with Crippen molar-refractivity contribution < 1.29 is 28.6 Å². The van der Waals surface area contributed by atoms with Gasteiger partial charge < -0.3 is 14.2 Å². The second-order valence-corrected chi connectivity index (χ2v) is 20.9. The first kappa shape index (κ1) is 73.5. The Bertz CT molecular complexity index is 1670. The third-order valence-corrected chi connectivity index (χ3v) is 13.4. The van der Waals surface area contributed by atoms with Crippen LogP contribution in [0.2, 0.25) is 0 Å². The Morgan fingerprint density at radius 1 is 0.269 bits per heavy atom. The molecule has 0 aliphatic rings. The number of carbonyl (C=O) groups excluding carboxylic acids is 3.